The molecule has 1 aliphatic carbocycles. The number of carbonyl (C=O) groups excluding carboxylic acids is 1. The first-order valence-electron chi connectivity index (χ1n) is 11.7. The monoisotopic (exact) mass is 422 g/mol. The molecule has 1 heterocycles. The van der Waals surface area contributed by atoms with Crippen molar-refractivity contribution < 1.29 is 15.0 Å². The van der Waals surface area contributed by atoms with E-state index in [4.69, 9.17) is 5.11 Å². The van der Waals surface area contributed by atoms with E-state index in [9.17, 15) is 9.90 Å². The Balaban J connectivity index is 1.51. The number of hydrogen-bond acceptors (Lipinski definition) is 4. The Morgan fingerprint density at radius 2 is 1.81 bits per heavy atom. The van der Waals surface area contributed by atoms with Gasteiger partial charge in [-0.3, -0.25) is 4.79 Å². The largest absolute Gasteiger partial charge is 0.396 e. The number of para-hydroxylation sites is 1. The molecule has 2 aromatic carbocycles. The molecule has 1 unspecified atom stereocenters. The van der Waals surface area contributed by atoms with Crippen LogP contribution >= 0.6 is 0 Å². The smallest absolute Gasteiger partial charge is 0.242 e. The zero-order valence-corrected chi connectivity index (χ0v) is 18.2. The SMILES string of the molecule is O=C(CNc1ccccc1[C@@H](O)CCO)N1CCc2ccccc2C1C1CCCCC1. The van der Waals surface area contributed by atoms with Crippen molar-refractivity contribution in [2.45, 2.75) is 57.1 Å². The number of hydrogen-bond donors (Lipinski definition) is 3. The molecule has 1 fully saturated rings. The topological polar surface area (TPSA) is 72.8 Å². The number of aliphatic hydroxyl groups excluding tert-OH is 2. The van der Waals surface area contributed by atoms with Gasteiger partial charge in [0.15, 0.2) is 0 Å². The predicted octanol–water partition coefficient (Wildman–Crippen LogP) is 4.22. The second kappa shape index (κ2) is 10.3. The van der Waals surface area contributed by atoms with Gasteiger partial charge in [-0.1, -0.05) is 61.7 Å². The molecule has 2 aliphatic rings. The molecule has 31 heavy (non-hydrogen) atoms. The Morgan fingerprint density at radius 3 is 2.61 bits per heavy atom. The fourth-order valence-electron chi connectivity index (χ4n) is 5.34. The lowest BCUT2D eigenvalue weighted by atomic mass is 9.77. The molecule has 5 nitrogen and oxygen atoms in total. The van der Waals surface area contributed by atoms with Crippen LogP contribution in [0.4, 0.5) is 5.69 Å². The fourth-order valence-corrected chi connectivity index (χ4v) is 5.34. The molecular formula is C26H34N2O3. The molecule has 0 spiro atoms. The molecule has 1 saturated carbocycles. The van der Waals surface area contributed by atoms with Crippen LogP contribution in [0.1, 0.15) is 67.4 Å². The predicted molar refractivity (Wildman–Crippen MR) is 123 cm³/mol. The molecule has 1 aliphatic heterocycles. The van der Waals surface area contributed by atoms with Crippen molar-refractivity contribution in [1.82, 2.24) is 4.90 Å². The van der Waals surface area contributed by atoms with E-state index in [1.165, 1.54) is 43.2 Å². The number of amides is 1. The molecule has 0 saturated heterocycles. The molecular weight excluding hydrogens is 388 g/mol. The zero-order valence-electron chi connectivity index (χ0n) is 18.2. The van der Waals surface area contributed by atoms with E-state index in [2.05, 4.69) is 34.5 Å². The van der Waals surface area contributed by atoms with Gasteiger partial charge in [0, 0.05) is 30.8 Å². The minimum absolute atomic E-state index is 0.0787. The highest BCUT2D eigenvalue weighted by Gasteiger charge is 2.36. The zero-order chi connectivity index (χ0) is 21.6. The van der Waals surface area contributed by atoms with Crippen LogP contribution in [0.25, 0.3) is 0 Å². The molecule has 2 aromatic rings. The van der Waals surface area contributed by atoms with Crippen LogP contribution in [-0.4, -0.2) is 40.7 Å². The maximum Gasteiger partial charge on any atom is 0.242 e. The van der Waals surface area contributed by atoms with Gasteiger partial charge in [0.05, 0.1) is 18.7 Å². The molecule has 5 heteroatoms. The summed E-state index contributed by atoms with van der Waals surface area (Å²) in [4.78, 5) is 15.5. The minimum Gasteiger partial charge on any atom is -0.396 e. The van der Waals surface area contributed by atoms with E-state index in [0.29, 0.717) is 5.92 Å². The summed E-state index contributed by atoms with van der Waals surface area (Å²) in [5.41, 5.74) is 4.18. The second-order valence-electron chi connectivity index (χ2n) is 8.85. The van der Waals surface area contributed by atoms with Gasteiger partial charge in [-0.2, -0.15) is 0 Å². The van der Waals surface area contributed by atoms with E-state index < -0.39 is 6.10 Å². The van der Waals surface area contributed by atoms with Gasteiger partial charge in [-0.05, 0) is 42.4 Å². The van der Waals surface area contributed by atoms with Crippen molar-refractivity contribution in [2.75, 3.05) is 25.0 Å². The van der Waals surface area contributed by atoms with Gasteiger partial charge in [0.2, 0.25) is 5.91 Å². The Labute approximate surface area is 185 Å². The van der Waals surface area contributed by atoms with E-state index in [1.807, 2.05) is 24.3 Å². The van der Waals surface area contributed by atoms with Gasteiger partial charge >= 0.3 is 0 Å². The molecule has 4 rings (SSSR count). The normalized spacial score (nSPS) is 20.2. The number of nitrogens with zero attached hydrogens (tertiary/aromatic N) is 1. The molecule has 0 bridgehead atoms. The van der Waals surface area contributed by atoms with E-state index >= 15 is 0 Å². The Kier molecular flexibility index (Phi) is 7.25. The van der Waals surface area contributed by atoms with E-state index in [0.717, 1.165) is 24.2 Å². The summed E-state index contributed by atoms with van der Waals surface area (Å²) in [6, 6.07) is 16.3. The molecule has 0 aromatic heterocycles. The maximum atomic E-state index is 13.4. The summed E-state index contributed by atoms with van der Waals surface area (Å²) in [5, 5.41) is 22.8. The molecule has 2 atom stereocenters. The lowest BCUT2D eigenvalue weighted by molar-refractivity contribution is -0.133. The van der Waals surface area contributed by atoms with E-state index in [-0.39, 0.29) is 31.5 Å². The number of nitrogens with one attached hydrogen (secondary N) is 1. The highest BCUT2D eigenvalue weighted by atomic mass is 16.3. The number of anilines is 1. The third kappa shape index (κ3) is 4.94. The van der Waals surface area contributed by atoms with Crippen molar-refractivity contribution in [3.63, 3.8) is 0 Å². The minimum atomic E-state index is -0.749. The number of rotatable bonds is 7. The standard InChI is InChI=1S/C26H34N2O3/c29-17-15-24(30)22-12-6-7-13-23(22)27-18-25(31)28-16-14-19-8-4-5-11-21(19)26(28)20-9-2-1-3-10-20/h4-8,11-13,20,24,26-27,29-30H,1-3,9-10,14-18H2/t24-,26?/m0/s1. The van der Waals surface area contributed by atoms with Crippen molar-refractivity contribution in [2.24, 2.45) is 5.92 Å². The van der Waals surface area contributed by atoms with Crippen LogP contribution < -0.4 is 5.32 Å². The Hall–Kier alpha value is -2.37. The number of aliphatic hydroxyl groups is 2. The number of carbonyl (C=O) groups is 1. The summed E-state index contributed by atoms with van der Waals surface area (Å²) in [7, 11) is 0. The second-order valence-corrected chi connectivity index (χ2v) is 8.85. The van der Waals surface area contributed by atoms with Crippen molar-refractivity contribution in [3.05, 3.63) is 65.2 Å². The van der Waals surface area contributed by atoms with Gasteiger partial charge in [-0.25, -0.2) is 0 Å². The average Bonchev–Trinajstić information content (AvgIpc) is 2.82. The quantitative estimate of drug-likeness (QED) is 0.625. The van der Waals surface area contributed by atoms with Crippen molar-refractivity contribution >= 4 is 11.6 Å². The Morgan fingerprint density at radius 1 is 1.06 bits per heavy atom. The first kappa shape index (κ1) is 21.8. The maximum absolute atomic E-state index is 13.4. The highest BCUT2D eigenvalue weighted by molar-refractivity contribution is 5.82. The first-order valence-corrected chi connectivity index (χ1v) is 11.7. The highest BCUT2D eigenvalue weighted by Crippen LogP contribution is 2.42. The lowest BCUT2D eigenvalue weighted by Gasteiger charge is -2.43. The van der Waals surface area contributed by atoms with Gasteiger partial charge < -0.3 is 20.4 Å². The van der Waals surface area contributed by atoms with E-state index in [1.54, 1.807) is 0 Å². The number of benzene rings is 2. The fraction of sp³-hybridized carbons (Fsp3) is 0.500. The summed E-state index contributed by atoms with van der Waals surface area (Å²) in [6.07, 6.45) is 6.60. The first-order chi connectivity index (χ1) is 15.2. The molecule has 3 N–H and O–H groups in total. The van der Waals surface area contributed by atoms with Crippen LogP contribution in [0.5, 0.6) is 0 Å². The van der Waals surface area contributed by atoms with Gasteiger partial charge in [-0.15, -0.1) is 0 Å². The summed E-state index contributed by atoms with van der Waals surface area (Å²) >= 11 is 0. The van der Waals surface area contributed by atoms with Gasteiger partial charge in [0.25, 0.3) is 0 Å². The van der Waals surface area contributed by atoms with Crippen molar-refractivity contribution in [1.29, 1.82) is 0 Å². The van der Waals surface area contributed by atoms with Crippen molar-refractivity contribution in [3.8, 4) is 0 Å². The van der Waals surface area contributed by atoms with Crippen LogP contribution in [0.15, 0.2) is 48.5 Å². The van der Waals surface area contributed by atoms with Crippen LogP contribution in [0.2, 0.25) is 0 Å². The van der Waals surface area contributed by atoms with Crippen LogP contribution in [0.3, 0.4) is 0 Å². The molecule has 0 radical (unpaired) electrons. The van der Waals surface area contributed by atoms with Crippen LogP contribution in [-0.2, 0) is 11.2 Å². The Bertz CT molecular complexity index is 878. The third-order valence-electron chi connectivity index (χ3n) is 6.90. The summed E-state index contributed by atoms with van der Waals surface area (Å²) in [6.45, 7) is 0.881. The van der Waals surface area contributed by atoms with Gasteiger partial charge in [0.1, 0.15) is 0 Å². The molecule has 1 amide bonds. The summed E-state index contributed by atoms with van der Waals surface area (Å²) in [5.74, 6) is 0.634. The average molecular weight is 423 g/mol. The summed E-state index contributed by atoms with van der Waals surface area (Å²) < 4.78 is 0. The van der Waals surface area contributed by atoms with Crippen LogP contribution in [0, 0.1) is 5.92 Å². The third-order valence-corrected chi connectivity index (χ3v) is 6.90. The number of fused-ring (bicyclic) bond motifs is 1. The molecule has 166 valence electrons. The lowest BCUT2D eigenvalue weighted by Crippen LogP contribution is -2.45.